The molecule has 4 rings (SSSR count). The highest BCUT2D eigenvalue weighted by Crippen LogP contribution is 2.38. The van der Waals surface area contributed by atoms with Crippen LogP contribution < -0.4 is 20.7 Å². The van der Waals surface area contributed by atoms with Gasteiger partial charge in [-0.25, -0.2) is 4.79 Å². The SMILES string of the molecule is COc1ccc([C@H]2CCCN2C(=O)Cn2c(=O)[nH]c3ccccc3c2=O)c(OC)c1. The highest BCUT2D eigenvalue weighted by Gasteiger charge is 2.32. The normalized spacial score (nSPS) is 16.1. The van der Waals surface area contributed by atoms with Crippen LogP contribution in [-0.2, 0) is 11.3 Å². The second kappa shape index (κ2) is 8.06. The Morgan fingerprint density at radius 3 is 2.70 bits per heavy atom. The number of amides is 1. The summed E-state index contributed by atoms with van der Waals surface area (Å²) >= 11 is 0. The van der Waals surface area contributed by atoms with Crippen LogP contribution in [0.3, 0.4) is 0 Å². The topological polar surface area (TPSA) is 93.6 Å². The van der Waals surface area contributed by atoms with Gasteiger partial charge in [-0.05, 0) is 37.1 Å². The van der Waals surface area contributed by atoms with Crippen LogP contribution in [0.25, 0.3) is 10.9 Å². The number of likely N-dealkylation sites (tertiary alicyclic amines) is 1. The van der Waals surface area contributed by atoms with Gasteiger partial charge in [-0.3, -0.25) is 14.2 Å². The predicted octanol–water partition coefficient (Wildman–Crippen LogP) is 2.07. The summed E-state index contributed by atoms with van der Waals surface area (Å²) < 4.78 is 11.7. The van der Waals surface area contributed by atoms with Gasteiger partial charge >= 0.3 is 5.69 Å². The highest BCUT2D eigenvalue weighted by atomic mass is 16.5. The number of H-pyrrole nitrogens is 1. The molecule has 0 bridgehead atoms. The number of rotatable bonds is 5. The van der Waals surface area contributed by atoms with E-state index in [1.165, 1.54) is 0 Å². The zero-order valence-electron chi connectivity index (χ0n) is 16.9. The lowest BCUT2D eigenvalue weighted by Gasteiger charge is -2.26. The maximum absolute atomic E-state index is 13.1. The van der Waals surface area contributed by atoms with Crippen LogP contribution in [0.5, 0.6) is 11.5 Å². The molecule has 0 radical (unpaired) electrons. The Morgan fingerprint density at radius 2 is 1.93 bits per heavy atom. The lowest BCUT2D eigenvalue weighted by Crippen LogP contribution is -2.42. The van der Waals surface area contributed by atoms with Gasteiger partial charge in [-0.2, -0.15) is 0 Å². The van der Waals surface area contributed by atoms with E-state index in [1.54, 1.807) is 49.5 Å². The standard InChI is InChI=1S/C22H23N3O5/c1-29-14-9-10-16(19(12-14)30-2)18-8-5-11-24(18)20(26)13-25-21(27)15-6-3-4-7-17(15)23-22(25)28/h3-4,6-7,9-10,12,18H,5,8,11,13H2,1-2H3,(H,23,28)/t18-/m1/s1. The summed E-state index contributed by atoms with van der Waals surface area (Å²) in [5.74, 6) is 1.03. The minimum absolute atomic E-state index is 0.186. The first-order valence-electron chi connectivity index (χ1n) is 9.76. The van der Waals surface area contributed by atoms with E-state index in [2.05, 4.69) is 4.98 Å². The van der Waals surface area contributed by atoms with Gasteiger partial charge in [0.2, 0.25) is 5.91 Å². The molecule has 1 fully saturated rings. The third kappa shape index (κ3) is 3.45. The first-order chi connectivity index (χ1) is 14.5. The van der Waals surface area contributed by atoms with Crippen LogP contribution in [0.4, 0.5) is 0 Å². The number of para-hydroxylation sites is 1. The van der Waals surface area contributed by atoms with Crippen LogP contribution in [0.2, 0.25) is 0 Å². The van der Waals surface area contributed by atoms with Crippen molar-refractivity contribution in [3.8, 4) is 11.5 Å². The molecule has 0 unspecified atom stereocenters. The number of fused-ring (bicyclic) bond motifs is 1. The fourth-order valence-electron chi connectivity index (χ4n) is 4.05. The first-order valence-corrected chi connectivity index (χ1v) is 9.76. The summed E-state index contributed by atoms with van der Waals surface area (Å²) in [5.41, 5.74) is 0.271. The molecule has 1 N–H and O–H groups in total. The number of aromatic amines is 1. The van der Waals surface area contributed by atoms with E-state index in [0.717, 1.165) is 23.0 Å². The minimum Gasteiger partial charge on any atom is -0.497 e. The van der Waals surface area contributed by atoms with Gasteiger partial charge in [0, 0.05) is 18.2 Å². The molecule has 1 saturated heterocycles. The van der Waals surface area contributed by atoms with Gasteiger partial charge in [0.1, 0.15) is 18.0 Å². The van der Waals surface area contributed by atoms with Crippen molar-refractivity contribution in [3.05, 3.63) is 68.9 Å². The summed E-state index contributed by atoms with van der Waals surface area (Å²) in [4.78, 5) is 42.7. The summed E-state index contributed by atoms with van der Waals surface area (Å²) in [7, 11) is 3.16. The Hall–Kier alpha value is -3.55. The molecule has 0 saturated carbocycles. The zero-order chi connectivity index (χ0) is 21.3. The van der Waals surface area contributed by atoms with Crippen molar-refractivity contribution in [1.29, 1.82) is 0 Å². The third-order valence-electron chi connectivity index (χ3n) is 5.56. The molecule has 2 aromatic carbocycles. The summed E-state index contributed by atoms with van der Waals surface area (Å²) in [5, 5.41) is 0.375. The highest BCUT2D eigenvalue weighted by molar-refractivity contribution is 5.79. The molecule has 1 aromatic heterocycles. The molecule has 3 aromatic rings. The number of carbonyl (C=O) groups is 1. The van der Waals surface area contributed by atoms with E-state index in [-0.39, 0.29) is 18.5 Å². The molecule has 1 amide bonds. The van der Waals surface area contributed by atoms with Gasteiger partial charge in [0.25, 0.3) is 5.56 Å². The number of aromatic nitrogens is 2. The lowest BCUT2D eigenvalue weighted by atomic mass is 10.0. The number of hydrogen-bond acceptors (Lipinski definition) is 5. The van der Waals surface area contributed by atoms with E-state index in [9.17, 15) is 14.4 Å². The molecule has 1 aliphatic heterocycles. The Morgan fingerprint density at radius 1 is 1.13 bits per heavy atom. The van der Waals surface area contributed by atoms with E-state index in [0.29, 0.717) is 28.9 Å². The van der Waals surface area contributed by atoms with Crippen LogP contribution in [0, 0.1) is 0 Å². The van der Waals surface area contributed by atoms with E-state index < -0.39 is 11.2 Å². The van der Waals surface area contributed by atoms with Crippen LogP contribution >= 0.6 is 0 Å². The number of methoxy groups -OCH3 is 2. The van der Waals surface area contributed by atoms with Gasteiger partial charge in [0.05, 0.1) is 31.2 Å². The molecule has 30 heavy (non-hydrogen) atoms. The summed E-state index contributed by atoms with van der Waals surface area (Å²) in [6, 6.07) is 12.1. The first kappa shape index (κ1) is 19.8. The Bertz CT molecular complexity index is 1210. The average molecular weight is 409 g/mol. The number of ether oxygens (including phenoxy) is 2. The summed E-state index contributed by atoms with van der Waals surface area (Å²) in [6.45, 7) is 0.243. The molecule has 0 aliphatic carbocycles. The van der Waals surface area contributed by atoms with Crippen molar-refractivity contribution < 1.29 is 14.3 Å². The van der Waals surface area contributed by atoms with Gasteiger partial charge < -0.3 is 19.4 Å². The second-order valence-corrected chi connectivity index (χ2v) is 7.22. The molecular formula is C22H23N3O5. The van der Waals surface area contributed by atoms with Crippen LogP contribution in [0.1, 0.15) is 24.4 Å². The zero-order valence-corrected chi connectivity index (χ0v) is 16.9. The lowest BCUT2D eigenvalue weighted by molar-refractivity contribution is -0.132. The molecule has 8 heteroatoms. The van der Waals surface area contributed by atoms with Crippen molar-refractivity contribution in [2.75, 3.05) is 20.8 Å². The van der Waals surface area contributed by atoms with Crippen molar-refractivity contribution in [3.63, 3.8) is 0 Å². The molecule has 0 spiro atoms. The van der Waals surface area contributed by atoms with Crippen molar-refractivity contribution in [2.24, 2.45) is 0 Å². The van der Waals surface area contributed by atoms with Crippen LogP contribution in [-0.4, -0.2) is 41.1 Å². The molecule has 2 heterocycles. The monoisotopic (exact) mass is 409 g/mol. The molecule has 8 nitrogen and oxygen atoms in total. The fourth-order valence-corrected chi connectivity index (χ4v) is 4.05. The maximum atomic E-state index is 13.1. The van der Waals surface area contributed by atoms with Gasteiger partial charge in [-0.15, -0.1) is 0 Å². The van der Waals surface area contributed by atoms with E-state index in [1.807, 2.05) is 12.1 Å². The van der Waals surface area contributed by atoms with E-state index in [4.69, 9.17) is 9.47 Å². The maximum Gasteiger partial charge on any atom is 0.329 e. The molecular weight excluding hydrogens is 386 g/mol. The Balaban J connectivity index is 1.65. The number of benzene rings is 2. The molecule has 1 atom stereocenters. The number of nitrogens with one attached hydrogen (secondary N) is 1. The summed E-state index contributed by atoms with van der Waals surface area (Å²) in [6.07, 6.45) is 1.60. The number of nitrogens with zero attached hydrogens (tertiary/aromatic N) is 2. The Labute approximate surface area is 172 Å². The third-order valence-corrected chi connectivity index (χ3v) is 5.56. The Kier molecular flexibility index (Phi) is 5.31. The largest absolute Gasteiger partial charge is 0.497 e. The smallest absolute Gasteiger partial charge is 0.329 e. The average Bonchev–Trinajstić information content (AvgIpc) is 3.25. The van der Waals surface area contributed by atoms with E-state index >= 15 is 0 Å². The number of hydrogen-bond donors (Lipinski definition) is 1. The van der Waals surface area contributed by atoms with Gasteiger partial charge in [-0.1, -0.05) is 12.1 Å². The van der Waals surface area contributed by atoms with Crippen LogP contribution in [0.15, 0.2) is 52.1 Å². The predicted molar refractivity (Wildman–Crippen MR) is 112 cm³/mol. The quantitative estimate of drug-likeness (QED) is 0.696. The second-order valence-electron chi connectivity index (χ2n) is 7.22. The van der Waals surface area contributed by atoms with Crippen molar-refractivity contribution in [1.82, 2.24) is 14.5 Å². The minimum atomic E-state index is -0.593. The van der Waals surface area contributed by atoms with Gasteiger partial charge in [0.15, 0.2) is 0 Å². The molecule has 156 valence electrons. The fraction of sp³-hybridized carbons (Fsp3) is 0.318. The number of carbonyl (C=O) groups excluding carboxylic acids is 1. The molecule has 1 aliphatic rings. The van der Waals surface area contributed by atoms with Crippen molar-refractivity contribution in [2.45, 2.75) is 25.4 Å². The van der Waals surface area contributed by atoms with Crippen molar-refractivity contribution >= 4 is 16.8 Å².